The predicted molar refractivity (Wildman–Crippen MR) is 69.0 cm³/mol. The second kappa shape index (κ2) is 8.48. The standard InChI is InChI=1S/C13H26N2O2/c1-3-9-17-10-7-13(16)15-8-5-4-6-12(15)11-14-2/h12,14H,3-11H2,1-2H3. The molecule has 4 heteroatoms. The Bertz CT molecular complexity index is 219. The molecular weight excluding hydrogens is 216 g/mol. The molecule has 1 unspecified atom stereocenters. The summed E-state index contributed by atoms with van der Waals surface area (Å²) in [6.07, 6.45) is 5.05. The molecule has 0 aromatic carbocycles. The van der Waals surface area contributed by atoms with Gasteiger partial charge in [-0.1, -0.05) is 6.92 Å². The lowest BCUT2D eigenvalue weighted by molar-refractivity contribution is -0.135. The highest BCUT2D eigenvalue weighted by Crippen LogP contribution is 2.17. The number of rotatable bonds is 7. The molecule has 17 heavy (non-hydrogen) atoms. The second-order valence-electron chi connectivity index (χ2n) is 4.66. The van der Waals surface area contributed by atoms with Crippen LogP contribution in [0.4, 0.5) is 0 Å². The molecule has 0 aromatic rings. The van der Waals surface area contributed by atoms with Crippen molar-refractivity contribution in [1.82, 2.24) is 10.2 Å². The normalized spacial score (nSPS) is 20.6. The van der Waals surface area contributed by atoms with Crippen molar-refractivity contribution >= 4 is 5.91 Å². The molecule has 1 heterocycles. The van der Waals surface area contributed by atoms with Crippen LogP contribution in [0.25, 0.3) is 0 Å². The largest absolute Gasteiger partial charge is 0.381 e. The summed E-state index contributed by atoms with van der Waals surface area (Å²) in [4.78, 5) is 14.1. The third kappa shape index (κ3) is 5.04. The average molecular weight is 242 g/mol. The van der Waals surface area contributed by atoms with E-state index in [2.05, 4.69) is 12.2 Å². The highest BCUT2D eigenvalue weighted by atomic mass is 16.5. The van der Waals surface area contributed by atoms with E-state index in [1.54, 1.807) is 0 Å². The van der Waals surface area contributed by atoms with E-state index < -0.39 is 0 Å². The van der Waals surface area contributed by atoms with Crippen LogP contribution in [0.3, 0.4) is 0 Å². The molecule has 1 saturated heterocycles. The van der Waals surface area contributed by atoms with Crippen molar-refractivity contribution in [3.05, 3.63) is 0 Å². The Kier molecular flexibility index (Phi) is 7.21. The van der Waals surface area contributed by atoms with Crippen molar-refractivity contribution < 1.29 is 9.53 Å². The van der Waals surface area contributed by atoms with E-state index in [9.17, 15) is 4.79 Å². The smallest absolute Gasteiger partial charge is 0.225 e. The van der Waals surface area contributed by atoms with Gasteiger partial charge in [0.05, 0.1) is 13.0 Å². The first-order valence-electron chi connectivity index (χ1n) is 6.81. The van der Waals surface area contributed by atoms with E-state index >= 15 is 0 Å². The molecule has 1 amide bonds. The Morgan fingerprint density at radius 1 is 1.41 bits per heavy atom. The van der Waals surface area contributed by atoms with Gasteiger partial charge in [-0.25, -0.2) is 0 Å². The maximum absolute atomic E-state index is 12.1. The van der Waals surface area contributed by atoms with Gasteiger partial charge in [-0.3, -0.25) is 4.79 Å². The van der Waals surface area contributed by atoms with E-state index in [0.29, 0.717) is 19.1 Å². The van der Waals surface area contributed by atoms with Crippen LogP contribution in [0.15, 0.2) is 0 Å². The molecule has 1 aliphatic rings. The second-order valence-corrected chi connectivity index (χ2v) is 4.66. The topological polar surface area (TPSA) is 41.6 Å². The molecule has 1 N–H and O–H groups in total. The SMILES string of the molecule is CCCOCCC(=O)N1CCCCC1CNC. The predicted octanol–water partition coefficient (Wildman–Crippen LogP) is 1.40. The fraction of sp³-hybridized carbons (Fsp3) is 0.923. The van der Waals surface area contributed by atoms with Crippen LogP contribution < -0.4 is 5.32 Å². The Morgan fingerprint density at radius 3 is 2.94 bits per heavy atom. The van der Waals surface area contributed by atoms with E-state index in [1.807, 2.05) is 11.9 Å². The minimum atomic E-state index is 0.251. The van der Waals surface area contributed by atoms with Crippen molar-refractivity contribution in [2.45, 2.75) is 45.1 Å². The molecule has 0 radical (unpaired) electrons. The molecule has 0 spiro atoms. The van der Waals surface area contributed by atoms with Gasteiger partial charge in [-0.15, -0.1) is 0 Å². The lowest BCUT2D eigenvalue weighted by atomic mass is 10.0. The van der Waals surface area contributed by atoms with E-state index in [4.69, 9.17) is 4.74 Å². The summed E-state index contributed by atoms with van der Waals surface area (Å²) < 4.78 is 5.38. The molecule has 1 fully saturated rings. The first kappa shape index (κ1) is 14.5. The molecular formula is C13H26N2O2. The number of hydrogen-bond donors (Lipinski definition) is 1. The summed E-state index contributed by atoms with van der Waals surface area (Å²) in [6, 6.07) is 0.382. The molecule has 1 atom stereocenters. The summed E-state index contributed by atoms with van der Waals surface area (Å²) in [7, 11) is 1.95. The first-order valence-corrected chi connectivity index (χ1v) is 6.81. The van der Waals surface area contributed by atoms with Gasteiger partial charge in [0.1, 0.15) is 0 Å². The number of likely N-dealkylation sites (N-methyl/N-ethyl adjacent to an activating group) is 1. The summed E-state index contributed by atoms with van der Waals surface area (Å²) in [5, 5.41) is 3.17. The number of nitrogens with zero attached hydrogens (tertiary/aromatic N) is 1. The van der Waals surface area contributed by atoms with Crippen LogP contribution in [0.1, 0.15) is 39.0 Å². The summed E-state index contributed by atoms with van der Waals surface area (Å²) in [5.41, 5.74) is 0. The van der Waals surface area contributed by atoms with Gasteiger partial charge in [0.15, 0.2) is 0 Å². The van der Waals surface area contributed by atoms with Crippen LogP contribution in [-0.4, -0.2) is 50.2 Å². The van der Waals surface area contributed by atoms with Gasteiger partial charge in [0, 0.05) is 25.7 Å². The maximum atomic E-state index is 12.1. The molecule has 0 aliphatic carbocycles. The van der Waals surface area contributed by atoms with Crippen molar-refractivity contribution in [3.8, 4) is 0 Å². The van der Waals surface area contributed by atoms with Crippen molar-refractivity contribution in [3.63, 3.8) is 0 Å². The van der Waals surface area contributed by atoms with Gasteiger partial charge in [0.25, 0.3) is 0 Å². The number of piperidine rings is 1. The van der Waals surface area contributed by atoms with Gasteiger partial charge in [0.2, 0.25) is 5.91 Å². The van der Waals surface area contributed by atoms with Gasteiger partial charge >= 0.3 is 0 Å². The van der Waals surface area contributed by atoms with Crippen LogP contribution in [-0.2, 0) is 9.53 Å². The number of amides is 1. The third-order valence-electron chi connectivity index (χ3n) is 3.20. The van der Waals surface area contributed by atoms with E-state index in [-0.39, 0.29) is 5.91 Å². The minimum Gasteiger partial charge on any atom is -0.381 e. The van der Waals surface area contributed by atoms with Crippen LogP contribution in [0, 0.1) is 0 Å². The quantitative estimate of drug-likeness (QED) is 0.686. The zero-order valence-corrected chi connectivity index (χ0v) is 11.2. The summed E-state index contributed by atoms with van der Waals surface area (Å²) in [5.74, 6) is 0.251. The number of likely N-dealkylation sites (tertiary alicyclic amines) is 1. The number of ether oxygens (including phenoxy) is 1. The number of nitrogens with one attached hydrogen (secondary N) is 1. The van der Waals surface area contributed by atoms with Crippen molar-refractivity contribution in [2.24, 2.45) is 0 Å². The Balaban J connectivity index is 2.31. The zero-order chi connectivity index (χ0) is 12.5. The van der Waals surface area contributed by atoms with Crippen LogP contribution >= 0.6 is 0 Å². The van der Waals surface area contributed by atoms with Crippen LogP contribution in [0.5, 0.6) is 0 Å². The van der Waals surface area contributed by atoms with Gasteiger partial charge in [-0.2, -0.15) is 0 Å². The lowest BCUT2D eigenvalue weighted by Gasteiger charge is -2.35. The minimum absolute atomic E-state index is 0.251. The average Bonchev–Trinajstić information content (AvgIpc) is 2.35. The van der Waals surface area contributed by atoms with Crippen molar-refractivity contribution in [1.29, 1.82) is 0 Å². The number of hydrogen-bond acceptors (Lipinski definition) is 3. The fourth-order valence-electron chi connectivity index (χ4n) is 2.33. The van der Waals surface area contributed by atoms with E-state index in [0.717, 1.165) is 39.0 Å². The fourth-order valence-corrected chi connectivity index (χ4v) is 2.33. The molecule has 4 nitrogen and oxygen atoms in total. The van der Waals surface area contributed by atoms with Crippen LogP contribution in [0.2, 0.25) is 0 Å². The molecule has 0 saturated carbocycles. The third-order valence-corrected chi connectivity index (χ3v) is 3.20. The first-order chi connectivity index (χ1) is 8.29. The monoisotopic (exact) mass is 242 g/mol. The molecule has 0 aromatic heterocycles. The maximum Gasteiger partial charge on any atom is 0.225 e. The molecule has 100 valence electrons. The number of carbonyl (C=O) groups excluding carboxylic acids is 1. The lowest BCUT2D eigenvalue weighted by Crippen LogP contribution is -2.48. The van der Waals surface area contributed by atoms with Gasteiger partial charge in [-0.05, 0) is 32.7 Å². The Labute approximate surface area is 105 Å². The highest BCUT2D eigenvalue weighted by Gasteiger charge is 2.25. The molecule has 1 aliphatic heterocycles. The zero-order valence-electron chi connectivity index (χ0n) is 11.2. The Hall–Kier alpha value is -0.610. The summed E-state index contributed by atoms with van der Waals surface area (Å²) >= 11 is 0. The van der Waals surface area contributed by atoms with Crippen molar-refractivity contribution in [2.75, 3.05) is 33.4 Å². The Morgan fingerprint density at radius 2 is 2.24 bits per heavy atom. The highest BCUT2D eigenvalue weighted by molar-refractivity contribution is 5.76. The summed E-state index contributed by atoms with van der Waals surface area (Å²) in [6.45, 7) is 5.22. The number of carbonyl (C=O) groups is 1. The van der Waals surface area contributed by atoms with E-state index in [1.165, 1.54) is 6.42 Å². The van der Waals surface area contributed by atoms with Gasteiger partial charge < -0.3 is 15.0 Å². The molecule has 1 rings (SSSR count). The molecule has 0 bridgehead atoms.